The topological polar surface area (TPSA) is 85.3 Å². The molecule has 0 spiro atoms. The van der Waals surface area contributed by atoms with Crippen LogP contribution < -0.4 is 27.4 Å². The summed E-state index contributed by atoms with van der Waals surface area (Å²) in [5, 5.41) is 0. The third kappa shape index (κ3) is 8.83. The number of hydrogen-bond donors (Lipinski definition) is 0. The van der Waals surface area contributed by atoms with Crippen molar-refractivity contribution in [3.63, 3.8) is 0 Å². The number of rotatable bonds is 15. The summed E-state index contributed by atoms with van der Waals surface area (Å²) in [6, 6.07) is 49.0. The molecule has 0 heterocycles. The summed E-state index contributed by atoms with van der Waals surface area (Å²) in [5.41, 5.74) is 0.540. The summed E-state index contributed by atoms with van der Waals surface area (Å²) in [6.45, 7) is 0. The molecule has 0 fully saturated rings. The van der Waals surface area contributed by atoms with Crippen LogP contribution in [0.5, 0.6) is 40.2 Å². The molecule has 6 rings (SSSR count). The Morgan fingerprint density at radius 1 is 0.479 bits per heavy atom. The minimum Gasteiger partial charge on any atom is -0.515 e. The molecule has 6 aromatic carbocycles. The van der Waals surface area contributed by atoms with Crippen LogP contribution in [-0.2, 0) is 0 Å². The van der Waals surface area contributed by atoms with Crippen molar-refractivity contribution in [2.24, 2.45) is 0 Å². The van der Waals surface area contributed by atoms with Crippen LogP contribution >= 0.6 is 17.2 Å². The highest BCUT2D eigenvalue weighted by molar-refractivity contribution is 7.43. The lowest BCUT2D eigenvalue weighted by Crippen LogP contribution is -2.09. The fourth-order valence-electron chi connectivity index (χ4n) is 4.35. The monoisotopic (exact) mass is 677 g/mol. The van der Waals surface area contributed by atoms with Gasteiger partial charge in [0.2, 0.25) is 5.78 Å². The second-order valence-corrected chi connectivity index (χ2v) is 12.0. The first-order valence-electron chi connectivity index (χ1n) is 14.9. The highest BCUT2D eigenvalue weighted by Crippen LogP contribution is 2.47. The number of hydrogen-bond acceptors (Lipinski definition) is 7. The first kappa shape index (κ1) is 32.4. The van der Waals surface area contributed by atoms with Gasteiger partial charge in [-0.1, -0.05) is 84.9 Å². The molecule has 0 aliphatic heterocycles. The van der Waals surface area contributed by atoms with Gasteiger partial charge in [0.15, 0.2) is 5.75 Å². The van der Waals surface area contributed by atoms with E-state index in [9.17, 15) is 4.79 Å². The lowest BCUT2D eigenvalue weighted by Gasteiger charge is -2.20. The predicted octanol–water partition coefficient (Wildman–Crippen LogP) is 10.3. The molecular weight excluding hydrogens is 646 g/mol. The number of benzene rings is 6. The van der Waals surface area contributed by atoms with E-state index in [4.69, 9.17) is 31.9 Å². The normalized spacial score (nSPS) is 11.2. The van der Waals surface area contributed by atoms with E-state index in [0.29, 0.717) is 28.7 Å². The molecule has 0 bridgehead atoms. The van der Waals surface area contributed by atoms with Crippen molar-refractivity contribution < 1.29 is 36.7 Å². The second-order valence-electron chi connectivity index (χ2n) is 9.98. The number of aromatic hydroxyl groups is 1. The van der Waals surface area contributed by atoms with E-state index >= 15 is 0 Å². The Balaban J connectivity index is 1.31. The number of carbonyl (C=O) groups excluding carboxylic acids is 1. The van der Waals surface area contributed by atoms with E-state index in [-0.39, 0.29) is 28.4 Å². The van der Waals surface area contributed by atoms with Gasteiger partial charge in [-0.15, -0.1) is 0 Å². The van der Waals surface area contributed by atoms with Crippen LogP contribution in [0.1, 0.15) is 15.9 Å². The first-order valence-corrected chi connectivity index (χ1v) is 17.1. The Morgan fingerprint density at radius 2 is 0.979 bits per heavy atom. The van der Waals surface area contributed by atoms with E-state index in [2.05, 4.69) is 0 Å². The van der Waals surface area contributed by atoms with Gasteiger partial charge in [0, 0.05) is 18.2 Å². The van der Waals surface area contributed by atoms with E-state index in [0.717, 1.165) is 0 Å². The summed E-state index contributed by atoms with van der Waals surface area (Å²) < 4.78 is 41.4. The summed E-state index contributed by atoms with van der Waals surface area (Å²) in [5.74, 6) is 3.01. The second kappa shape index (κ2) is 16.3. The molecule has 0 aliphatic rings. The van der Waals surface area contributed by atoms with Gasteiger partial charge in [-0.2, -0.15) is 0 Å². The third-order valence-corrected chi connectivity index (χ3v) is 8.82. The summed E-state index contributed by atoms with van der Waals surface area (Å²) in [7, 11) is -2.42. The molecule has 1 N–H and O–H groups in total. The zero-order valence-corrected chi connectivity index (χ0v) is 27.6. The maximum Gasteiger partial charge on any atom is 0.728 e. The fraction of sp³-hybridized carbons (Fsp3) is 0.0263. The Bertz CT molecular complexity index is 1810. The molecule has 48 heavy (non-hydrogen) atoms. The average molecular weight is 678 g/mol. The molecule has 1 unspecified atom stereocenters. The molecule has 6 aromatic rings. The van der Waals surface area contributed by atoms with Gasteiger partial charge in [-0.25, -0.2) is 0 Å². The quantitative estimate of drug-likeness (QED) is 0.0607. The molecule has 8 nitrogen and oxygen atoms in total. The maximum atomic E-state index is 14.3. The number of para-hydroxylation sites is 5. The van der Waals surface area contributed by atoms with Crippen LogP contribution in [0.3, 0.4) is 0 Å². The molecule has 0 radical (unpaired) electrons. The van der Waals surface area contributed by atoms with Gasteiger partial charge >= 0.3 is 17.2 Å². The Hall–Kier alpha value is -5.55. The molecule has 1 atom stereocenters. The van der Waals surface area contributed by atoms with Gasteiger partial charge in [0.1, 0.15) is 28.7 Å². The summed E-state index contributed by atoms with van der Waals surface area (Å²) in [6.07, 6.45) is 0. The van der Waals surface area contributed by atoms with E-state index < -0.39 is 17.2 Å². The van der Waals surface area contributed by atoms with Crippen molar-refractivity contribution in [2.45, 2.75) is 0 Å². The number of methoxy groups -OCH3 is 1. The average Bonchev–Trinajstić information content (AvgIpc) is 3.13. The van der Waals surface area contributed by atoms with Crippen LogP contribution in [-0.4, -0.2) is 17.4 Å². The smallest absolute Gasteiger partial charge is 0.515 e. The van der Waals surface area contributed by atoms with Gasteiger partial charge in [-0.3, -0.25) is 4.79 Å². The minimum absolute atomic E-state index is 0.235. The van der Waals surface area contributed by atoms with Crippen LogP contribution in [0.15, 0.2) is 164 Å². The molecule has 0 amide bonds. The van der Waals surface area contributed by atoms with Crippen molar-refractivity contribution in [1.82, 2.24) is 0 Å². The highest BCUT2D eigenvalue weighted by Gasteiger charge is 2.32. The van der Waals surface area contributed by atoms with Crippen LogP contribution in [0, 0.1) is 0 Å². The van der Waals surface area contributed by atoms with E-state index in [1.165, 1.54) is 0 Å². The fourth-order valence-corrected chi connectivity index (χ4v) is 6.43. The molecule has 0 aromatic heterocycles. The van der Waals surface area contributed by atoms with Crippen molar-refractivity contribution in [3.8, 4) is 40.2 Å². The highest BCUT2D eigenvalue weighted by atomic mass is 31.2. The molecule has 0 saturated heterocycles. The molecule has 0 saturated carbocycles. The predicted molar refractivity (Wildman–Crippen MR) is 187 cm³/mol. The Morgan fingerprint density at radius 3 is 1.56 bits per heavy atom. The zero-order chi connectivity index (χ0) is 33.0. The SMILES string of the molecule is COc1ccc(C(=O)c2ccccc2OP(Oc2ccccc2)Oc2ccccc2)c(OP(Oc2ccccc2)[OH+]c2ccccc2)c1. The van der Waals surface area contributed by atoms with Crippen molar-refractivity contribution in [1.29, 1.82) is 0 Å². The van der Waals surface area contributed by atoms with Crippen molar-refractivity contribution >= 4 is 23.0 Å². The number of ketones is 1. The maximum absolute atomic E-state index is 14.3. The summed E-state index contributed by atoms with van der Waals surface area (Å²) >= 11 is 0. The first-order chi connectivity index (χ1) is 23.6. The van der Waals surface area contributed by atoms with E-state index in [1.807, 2.05) is 97.1 Å². The molecular formula is C38H31O8P2+. The Labute approximate surface area is 281 Å². The van der Waals surface area contributed by atoms with Crippen molar-refractivity contribution in [3.05, 3.63) is 175 Å². The molecule has 0 aliphatic carbocycles. The van der Waals surface area contributed by atoms with Gasteiger partial charge < -0.3 is 31.9 Å². The number of ether oxygens (including phenoxy) is 1. The van der Waals surface area contributed by atoms with Gasteiger partial charge in [0.25, 0.3) is 5.75 Å². The number of carbonyl (C=O) groups is 1. The van der Waals surface area contributed by atoms with Crippen molar-refractivity contribution in [2.75, 3.05) is 7.11 Å². The summed E-state index contributed by atoms with van der Waals surface area (Å²) in [4.78, 5) is 14.3. The molecule has 240 valence electrons. The van der Waals surface area contributed by atoms with Crippen LogP contribution in [0.25, 0.3) is 0 Å². The largest absolute Gasteiger partial charge is 0.728 e. The van der Waals surface area contributed by atoms with Crippen LogP contribution in [0.2, 0.25) is 0 Å². The zero-order valence-electron chi connectivity index (χ0n) is 25.8. The standard InChI is InChI=1S/C38H30O8P2/c1-40-33-26-27-35(37(28-33)46-48(43-31-20-10-4-11-21-31)44-32-22-12-5-13-23-32)38(39)34-24-14-15-25-36(34)45-47(41-29-16-6-2-7-17-29)42-30-18-8-3-9-19-30/h2-28H,1H3/p+1. The Kier molecular flexibility index (Phi) is 11.0. The van der Waals surface area contributed by atoms with Gasteiger partial charge in [-0.05, 0) is 60.7 Å². The lowest BCUT2D eigenvalue weighted by atomic mass is 10.0. The third-order valence-electron chi connectivity index (χ3n) is 6.64. The van der Waals surface area contributed by atoms with Gasteiger partial charge in [0.05, 0.1) is 18.2 Å². The minimum atomic E-state index is -2.02. The lowest BCUT2D eigenvalue weighted by molar-refractivity contribution is 0.103. The van der Waals surface area contributed by atoms with E-state index in [1.54, 1.807) is 73.8 Å². The van der Waals surface area contributed by atoms with Crippen LogP contribution in [0.4, 0.5) is 0 Å². The molecule has 10 heteroatoms.